The van der Waals surface area contributed by atoms with E-state index in [-0.39, 0.29) is 24.6 Å². The van der Waals surface area contributed by atoms with Crippen LogP contribution in [0, 0.1) is 0 Å². The van der Waals surface area contributed by atoms with Crippen LogP contribution in [0.1, 0.15) is 25.0 Å². The Bertz CT molecular complexity index is 834. The van der Waals surface area contributed by atoms with Gasteiger partial charge >= 0.3 is 0 Å². The molecule has 3 aromatic carbocycles. The number of quaternary nitrogens is 1. The zero-order valence-corrected chi connectivity index (χ0v) is 16.0. The van der Waals surface area contributed by atoms with Crippen LogP contribution in [0.3, 0.4) is 0 Å². The van der Waals surface area contributed by atoms with Crippen molar-refractivity contribution in [1.29, 1.82) is 0 Å². The first-order valence-electron chi connectivity index (χ1n) is 8.72. The van der Waals surface area contributed by atoms with Gasteiger partial charge in [-0.3, -0.25) is 0 Å². The molecule has 0 fully saturated rings. The summed E-state index contributed by atoms with van der Waals surface area (Å²) >= 11 is 0. The highest BCUT2D eigenvalue weighted by Crippen LogP contribution is 2.28. The summed E-state index contributed by atoms with van der Waals surface area (Å²) in [7, 11) is 0. The second-order valence-corrected chi connectivity index (χ2v) is 7.09. The fourth-order valence-electron chi connectivity index (χ4n) is 2.84. The summed E-state index contributed by atoms with van der Waals surface area (Å²) < 4.78 is 6.15. The molecule has 0 heterocycles. The average molecular weight is 372 g/mol. The number of fused-ring (bicyclic) bond motifs is 1. The Morgan fingerprint density at radius 2 is 1.62 bits per heavy atom. The van der Waals surface area contributed by atoms with Gasteiger partial charge in [0.15, 0.2) is 0 Å². The Morgan fingerprint density at radius 3 is 2.35 bits per heavy atom. The van der Waals surface area contributed by atoms with Crippen LogP contribution in [0.5, 0.6) is 5.75 Å². The van der Waals surface area contributed by atoms with Gasteiger partial charge in [-0.1, -0.05) is 60.7 Å². The predicted molar refractivity (Wildman–Crippen MR) is 102 cm³/mol. The second kappa shape index (κ2) is 9.04. The second-order valence-electron chi connectivity index (χ2n) is 7.09. The Morgan fingerprint density at radius 1 is 0.923 bits per heavy atom. The van der Waals surface area contributed by atoms with E-state index in [0.717, 1.165) is 17.9 Å². The van der Waals surface area contributed by atoms with Crippen molar-refractivity contribution < 1.29 is 27.6 Å². The maximum atomic E-state index is 9.54. The number of hydrogen-bond acceptors (Lipinski definition) is 2. The highest BCUT2D eigenvalue weighted by molar-refractivity contribution is 5.87. The summed E-state index contributed by atoms with van der Waals surface area (Å²) in [6.45, 7) is 5.54. The van der Waals surface area contributed by atoms with Crippen molar-refractivity contribution in [3.63, 3.8) is 0 Å². The molecular formula is C22H26ClNO2. The topological polar surface area (TPSA) is 46.1 Å². The lowest BCUT2D eigenvalue weighted by atomic mass is 10.0. The molecule has 26 heavy (non-hydrogen) atoms. The molecule has 3 N–H and O–H groups in total. The molecular weight excluding hydrogens is 346 g/mol. The van der Waals surface area contributed by atoms with Crippen LogP contribution in [0.2, 0.25) is 0 Å². The number of benzene rings is 3. The lowest BCUT2D eigenvalue weighted by Crippen LogP contribution is -3.00. The highest BCUT2D eigenvalue weighted by atomic mass is 35.5. The predicted octanol–water partition coefficient (Wildman–Crippen LogP) is 0.257. The monoisotopic (exact) mass is 371 g/mol. The van der Waals surface area contributed by atoms with Gasteiger partial charge in [-0.2, -0.15) is 0 Å². The van der Waals surface area contributed by atoms with E-state index in [1.165, 1.54) is 16.3 Å². The maximum absolute atomic E-state index is 9.54. The van der Waals surface area contributed by atoms with Gasteiger partial charge in [0.05, 0.1) is 12.2 Å². The van der Waals surface area contributed by atoms with E-state index in [2.05, 4.69) is 53.8 Å². The highest BCUT2D eigenvalue weighted by Gasteiger charge is 2.21. The zero-order valence-electron chi connectivity index (χ0n) is 15.3. The first-order chi connectivity index (χ1) is 12.1. The molecule has 0 spiro atoms. The minimum absolute atomic E-state index is 0. The van der Waals surface area contributed by atoms with Crippen molar-refractivity contribution in [3.05, 3.63) is 77.9 Å². The van der Waals surface area contributed by atoms with Crippen LogP contribution < -0.4 is 22.5 Å². The third kappa shape index (κ3) is 4.98. The molecule has 0 bridgehead atoms. The van der Waals surface area contributed by atoms with Crippen LogP contribution in [0.15, 0.2) is 66.7 Å². The molecule has 0 amide bonds. The van der Waals surface area contributed by atoms with E-state index < -0.39 is 0 Å². The van der Waals surface area contributed by atoms with Gasteiger partial charge in [-0.15, -0.1) is 0 Å². The number of aliphatic hydroxyl groups excluding tert-OH is 1. The lowest BCUT2D eigenvalue weighted by Gasteiger charge is -2.21. The van der Waals surface area contributed by atoms with Crippen molar-refractivity contribution in [1.82, 2.24) is 0 Å². The minimum atomic E-state index is -0.215. The number of rotatable bonds is 7. The molecule has 4 heteroatoms. The first-order valence-corrected chi connectivity index (χ1v) is 8.72. The molecule has 0 aliphatic carbocycles. The summed E-state index contributed by atoms with van der Waals surface area (Å²) in [4.78, 5) is 0. The Kier molecular flexibility index (Phi) is 7.04. The third-order valence-corrected chi connectivity index (χ3v) is 4.50. The van der Waals surface area contributed by atoms with Gasteiger partial charge < -0.3 is 27.6 Å². The third-order valence-electron chi connectivity index (χ3n) is 4.50. The van der Waals surface area contributed by atoms with Crippen molar-refractivity contribution in [2.45, 2.75) is 32.5 Å². The molecule has 138 valence electrons. The van der Waals surface area contributed by atoms with Crippen LogP contribution in [0.4, 0.5) is 0 Å². The van der Waals surface area contributed by atoms with Crippen LogP contribution in [0.25, 0.3) is 10.8 Å². The molecule has 0 radical (unpaired) electrons. The van der Waals surface area contributed by atoms with Crippen molar-refractivity contribution in [3.8, 4) is 5.75 Å². The molecule has 0 atom stereocenters. The fraction of sp³-hybridized carbons (Fsp3) is 0.273. The van der Waals surface area contributed by atoms with Gasteiger partial charge in [0.1, 0.15) is 24.4 Å². The SMILES string of the molecule is CC(C)(CO)[NH2+]Cc1c(OCc2ccccc2)ccc2ccccc12.[Cl-]. The van der Waals surface area contributed by atoms with E-state index in [0.29, 0.717) is 6.61 Å². The molecule has 3 nitrogen and oxygen atoms in total. The minimum Gasteiger partial charge on any atom is -1.00 e. The first kappa shape index (κ1) is 20.2. The smallest absolute Gasteiger partial charge is 0.129 e. The van der Waals surface area contributed by atoms with Crippen molar-refractivity contribution >= 4 is 10.8 Å². The van der Waals surface area contributed by atoms with E-state index in [1.54, 1.807) is 0 Å². The van der Waals surface area contributed by atoms with Crippen molar-refractivity contribution in [2.75, 3.05) is 6.61 Å². The lowest BCUT2D eigenvalue weighted by molar-refractivity contribution is -0.736. The molecule has 3 rings (SSSR count). The molecule has 0 aliphatic rings. The summed E-state index contributed by atoms with van der Waals surface area (Å²) in [5.74, 6) is 0.910. The van der Waals surface area contributed by atoms with E-state index in [1.807, 2.05) is 32.0 Å². The van der Waals surface area contributed by atoms with E-state index in [9.17, 15) is 5.11 Å². The number of ether oxygens (including phenoxy) is 1. The van der Waals surface area contributed by atoms with Crippen molar-refractivity contribution in [2.24, 2.45) is 0 Å². The van der Waals surface area contributed by atoms with E-state index in [4.69, 9.17) is 4.74 Å². The van der Waals surface area contributed by atoms with Crippen LogP contribution >= 0.6 is 0 Å². The number of halogens is 1. The zero-order chi connectivity index (χ0) is 17.7. The molecule has 3 aromatic rings. The maximum Gasteiger partial charge on any atom is 0.129 e. The molecule has 0 aromatic heterocycles. The molecule has 0 saturated heterocycles. The Hall–Kier alpha value is -2.07. The Labute approximate surface area is 161 Å². The van der Waals surface area contributed by atoms with Gasteiger partial charge in [0.25, 0.3) is 0 Å². The van der Waals surface area contributed by atoms with Crippen LogP contribution in [-0.4, -0.2) is 17.3 Å². The quantitative estimate of drug-likeness (QED) is 0.625. The molecule has 0 saturated carbocycles. The molecule has 0 unspecified atom stereocenters. The standard InChI is InChI=1S/C22H25NO2.ClH/c1-22(2,16-24)23-14-20-19-11-7-6-10-18(19)12-13-21(20)25-15-17-8-4-3-5-9-17;/h3-13,23-24H,14-16H2,1-2H3;1H. The normalized spacial score (nSPS) is 11.2. The van der Waals surface area contributed by atoms with Gasteiger partial charge in [-0.05, 0) is 36.2 Å². The summed E-state index contributed by atoms with van der Waals surface area (Å²) in [5, 5.41) is 14.1. The van der Waals surface area contributed by atoms with E-state index >= 15 is 0 Å². The fourth-order valence-corrected chi connectivity index (χ4v) is 2.84. The molecule has 0 aliphatic heterocycles. The number of aliphatic hydroxyl groups is 1. The van der Waals surface area contributed by atoms with Gasteiger partial charge in [0, 0.05) is 0 Å². The van der Waals surface area contributed by atoms with Gasteiger partial charge in [-0.25, -0.2) is 0 Å². The summed E-state index contributed by atoms with van der Waals surface area (Å²) in [6.07, 6.45) is 0. The Balaban J connectivity index is 0.00000243. The largest absolute Gasteiger partial charge is 1.00 e. The summed E-state index contributed by atoms with van der Waals surface area (Å²) in [6, 6.07) is 22.7. The van der Waals surface area contributed by atoms with Crippen LogP contribution in [-0.2, 0) is 13.2 Å². The van der Waals surface area contributed by atoms with Gasteiger partial charge in [0.2, 0.25) is 0 Å². The summed E-state index contributed by atoms with van der Waals surface area (Å²) in [5.41, 5.74) is 2.12. The average Bonchev–Trinajstić information content (AvgIpc) is 2.65. The number of nitrogens with two attached hydrogens (primary N) is 1. The number of hydrogen-bond donors (Lipinski definition) is 2.